The second-order valence-corrected chi connectivity index (χ2v) is 8.35. The monoisotopic (exact) mass is 438 g/mol. The average Bonchev–Trinajstić information content (AvgIpc) is 2.81. The van der Waals surface area contributed by atoms with Crippen molar-refractivity contribution >= 4 is 17.5 Å². The van der Waals surface area contributed by atoms with E-state index in [0.717, 1.165) is 19.3 Å². The van der Waals surface area contributed by atoms with Gasteiger partial charge in [-0.15, -0.1) is 0 Å². The maximum Gasteiger partial charge on any atom is 0.255 e. The van der Waals surface area contributed by atoms with Crippen molar-refractivity contribution in [2.24, 2.45) is 5.92 Å². The van der Waals surface area contributed by atoms with Crippen molar-refractivity contribution in [3.63, 3.8) is 0 Å². The summed E-state index contributed by atoms with van der Waals surface area (Å²) < 4.78 is 20.9. The molecular formula is C23H20ClFN4O2. The van der Waals surface area contributed by atoms with Crippen molar-refractivity contribution in [3.05, 3.63) is 71.4 Å². The number of halogens is 2. The van der Waals surface area contributed by atoms with Crippen LogP contribution in [0.3, 0.4) is 0 Å². The molecule has 0 radical (unpaired) electrons. The molecule has 3 atom stereocenters. The first-order chi connectivity index (χ1) is 15.1. The van der Waals surface area contributed by atoms with Crippen molar-refractivity contribution in [2.75, 3.05) is 6.54 Å². The highest BCUT2D eigenvalue weighted by atomic mass is 35.5. The minimum atomic E-state index is -0.516. The van der Waals surface area contributed by atoms with Gasteiger partial charge < -0.3 is 9.64 Å². The van der Waals surface area contributed by atoms with E-state index in [-0.39, 0.29) is 35.0 Å². The topological polar surface area (TPSA) is 68.2 Å². The molecule has 3 fully saturated rings. The van der Waals surface area contributed by atoms with Gasteiger partial charge in [-0.2, -0.15) is 0 Å². The highest BCUT2D eigenvalue weighted by Gasteiger charge is 2.45. The zero-order valence-electron chi connectivity index (χ0n) is 16.6. The lowest BCUT2D eigenvalue weighted by atomic mass is 9.77. The van der Waals surface area contributed by atoms with Crippen LogP contribution in [-0.4, -0.2) is 44.4 Å². The summed E-state index contributed by atoms with van der Waals surface area (Å²) in [7, 11) is 0. The molecule has 3 aliphatic rings. The summed E-state index contributed by atoms with van der Waals surface area (Å²) >= 11 is 5.92. The van der Waals surface area contributed by atoms with Crippen LogP contribution in [0.15, 0.2) is 55.0 Å². The van der Waals surface area contributed by atoms with Gasteiger partial charge in [-0.3, -0.25) is 4.79 Å². The number of carbonyl (C=O) groups is 1. The molecule has 1 aliphatic carbocycles. The summed E-state index contributed by atoms with van der Waals surface area (Å²) in [4.78, 5) is 28.0. The van der Waals surface area contributed by atoms with E-state index in [1.165, 1.54) is 18.5 Å². The van der Waals surface area contributed by atoms with Gasteiger partial charge >= 0.3 is 0 Å². The summed E-state index contributed by atoms with van der Waals surface area (Å²) in [5.41, 5.74) is 0.397. The minimum absolute atomic E-state index is 0.109. The van der Waals surface area contributed by atoms with Crippen LogP contribution < -0.4 is 4.74 Å². The Hall–Kier alpha value is -3.06. The number of nitrogens with zero attached hydrogens (tertiary/aromatic N) is 4. The molecule has 0 N–H and O–H groups in total. The molecule has 158 valence electrons. The third kappa shape index (κ3) is 3.85. The Morgan fingerprint density at radius 3 is 2.68 bits per heavy atom. The van der Waals surface area contributed by atoms with Gasteiger partial charge in [-0.05, 0) is 49.4 Å². The molecule has 3 unspecified atom stereocenters. The summed E-state index contributed by atoms with van der Waals surface area (Å²) in [5.74, 6) is 0.269. The van der Waals surface area contributed by atoms with Gasteiger partial charge in [0.05, 0.1) is 22.2 Å². The third-order valence-electron chi connectivity index (χ3n) is 5.99. The van der Waals surface area contributed by atoms with Crippen LogP contribution in [0.5, 0.6) is 5.88 Å². The van der Waals surface area contributed by atoms with Crippen LogP contribution >= 0.6 is 11.6 Å². The summed E-state index contributed by atoms with van der Waals surface area (Å²) in [6, 6.07) is 9.51. The van der Waals surface area contributed by atoms with Gasteiger partial charge in [-0.1, -0.05) is 17.7 Å². The molecule has 1 saturated carbocycles. The zero-order chi connectivity index (χ0) is 21.4. The molecule has 2 saturated heterocycles. The van der Waals surface area contributed by atoms with Crippen molar-refractivity contribution in [1.29, 1.82) is 0 Å². The zero-order valence-corrected chi connectivity index (χ0v) is 17.4. The fourth-order valence-corrected chi connectivity index (χ4v) is 4.70. The van der Waals surface area contributed by atoms with E-state index in [1.54, 1.807) is 36.5 Å². The van der Waals surface area contributed by atoms with Gasteiger partial charge in [0.1, 0.15) is 11.9 Å². The Morgan fingerprint density at radius 1 is 1.10 bits per heavy atom. The number of piperidine rings is 2. The Kier molecular flexibility index (Phi) is 5.28. The van der Waals surface area contributed by atoms with Gasteiger partial charge in [0, 0.05) is 31.2 Å². The first-order valence-corrected chi connectivity index (χ1v) is 10.6. The number of fused-ring (bicyclic) bond motifs is 3. The average molecular weight is 439 g/mol. The van der Waals surface area contributed by atoms with E-state index in [4.69, 9.17) is 16.3 Å². The van der Waals surface area contributed by atoms with Gasteiger partial charge in [0.2, 0.25) is 5.88 Å². The molecule has 3 aromatic rings. The molecular weight excluding hydrogens is 419 g/mol. The van der Waals surface area contributed by atoms with Crippen LogP contribution in [0.2, 0.25) is 5.02 Å². The summed E-state index contributed by atoms with van der Waals surface area (Å²) in [5, 5.41) is 0.538. The first-order valence-electron chi connectivity index (χ1n) is 10.2. The van der Waals surface area contributed by atoms with Gasteiger partial charge in [-0.25, -0.2) is 19.3 Å². The lowest BCUT2D eigenvalue weighted by Gasteiger charge is -2.49. The van der Waals surface area contributed by atoms with E-state index >= 15 is 0 Å². The molecule has 8 heteroatoms. The second-order valence-electron chi connectivity index (χ2n) is 7.91. The number of carbonyl (C=O) groups excluding carboxylic acids is 1. The molecule has 1 amide bonds. The Bertz CT molecular complexity index is 1100. The molecule has 0 spiro atoms. The number of hydrogen-bond acceptors (Lipinski definition) is 5. The molecule has 2 aliphatic heterocycles. The fourth-order valence-electron chi connectivity index (χ4n) is 4.59. The van der Waals surface area contributed by atoms with Crippen LogP contribution in [0.1, 0.15) is 29.6 Å². The van der Waals surface area contributed by atoms with Crippen molar-refractivity contribution in [1.82, 2.24) is 19.9 Å². The van der Waals surface area contributed by atoms with Gasteiger partial charge in [0.25, 0.3) is 5.91 Å². The normalized spacial score (nSPS) is 22.4. The maximum atomic E-state index is 14.8. The largest absolute Gasteiger partial charge is 0.472 e. The minimum Gasteiger partial charge on any atom is -0.472 e. The molecule has 1 aromatic carbocycles. The Labute approximate surface area is 184 Å². The SMILES string of the molecule is O=C(c1cccc(F)c1-c1ncccn1)N1CC2CCC1C(Oc1ccc(Cl)cn1)C2. The van der Waals surface area contributed by atoms with Crippen molar-refractivity contribution in [3.8, 4) is 17.3 Å². The third-order valence-corrected chi connectivity index (χ3v) is 6.21. The smallest absolute Gasteiger partial charge is 0.255 e. The lowest BCUT2D eigenvalue weighted by molar-refractivity contribution is -0.0313. The molecule has 6 nitrogen and oxygen atoms in total. The number of ether oxygens (including phenoxy) is 1. The summed E-state index contributed by atoms with van der Waals surface area (Å²) in [6.45, 7) is 0.628. The van der Waals surface area contributed by atoms with E-state index in [9.17, 15) is 9.18 Å². The molecule has 6 rings (SSSR count). The van der Waals surface area contributed by atoms with E-state index in [2.05, 4.69) is 15.0 Å². The Balaban J connectivity index is 1.45. The Morgan fingerprint density at radius 2 is 1.94 bits per heavy atom. The predicted molar refractivity (Wildman–Crippen MR) is 113 cm³/mol. The number of hydrogen-bond donors (Lipinski definition) is 0. The molecule has 2 aromatic heterocycles. The first kappa shape index (κ1) is 19.9. The van der Waals surface area contributed by atoms with Crippen LogP contribution in [-0.2, 0) is 0 Å². The summed E-state index contributed by atoms with van der Waals surface area (Å²) in [6.07, 6.45) is 7.18. The maximum absolute atomic E-state index is 14.8. The molecule has 31 heavy (non-hydrogen) atoms. The number of pyridine rings is 1. The highest BCUT2D eigenvalue weighted by molar-refractivity contribution is 6.30. The number of rotatable bonds is 4. The second kappa shape index (κ2) is 8.23. The van der Waals surface area contributed by atoms with Crippen LogP contribution in [0.4, 0.5) is 4.39 Å². The lowest BCUT2D eigenvalue weighted by Crippen LogP contribution is -2.59. The molecule has 2 bridgehead atoms. The van der Waals surface area contributed by atoms with E-state index < -0.39 is 5.82 Å². The standard InChI is InChI=1S/C23H20ClFN4O2/c24-15-6-8-20(28-12-15)31-19-11-14-5-7-18(19)29(13-14)23(30)16-3-1-4-17(25)21(16)22-26-9-2-10-27-22/h1-4,6,8-10,12,14,18-19H,5,7,11,13H2. The van der Waals surface area contributed by atoms with E-state index in [1.807, 2.05) is 4.90 Å². The molecule has 4 heterocycles. The fraction of sp³-hybridized carbons (Fsp3) is 0.304. The van der Waals surface area contributed by atoms with Crippen molar-refractivity contribution in [2.45, 2.75) is 31.4 Å². The quantitative estimate of drug-likeness (QED) is 0.603. The predicted octanol–water partition coefficient (Wildman–Crippen LogP) is 4.40. The number of aromatic nitrogens is 3. The van der Waals surface area contributed by atoms with Crippen LogP contribution in [0.25, 0.3) is 11.4 Å². The van der Waals surface area contributed by atoms with Gasteiger partial charge in [0.15, 0.2) is 5.82 Å². The number of amides is 1. The highest BCUT2D eigenvalue weighted by Crippen LogP contribution is 2.38. The van der Waals surface area contributed by atoms with Crippen molar-refractivity contribution < 1.29 is 13.9 Å². The van der Waals surface area contributed by atoms with E-state index in [0.29, 0.717) is 23.4 Å². The number of benzene rings is 1. The van der Waals surface area contributed by atoms with Crippen LogP contribution in [0, 0.1) is 11.7 Å².